The SMILES string of the molecule is CCCNC(=O)C[C@@H]1CC[C@H]2[C@@H](COC[C@@H](O)CN2C(=O)Nc2cccc(Cl)c2)O1. The third kappa shape index (κ3) is 6.31. The van der Waals surface area contributed by atoms with Gasteiger partial charge in [-0.25, -0.2) is 4.79 Å². The zero-order valence-corrected chi connectivity index (χ0v) is 17.9. The summed E-state index contributed by atoms with van der Waals surface area (Å²) in [5.41, 5.74) is 0.582. The summed E-state index contributed by atoms with van der Waals surface area (Å²) in [5, 5.41) is 16.5. The van der Waals surface area contributed by atoms with Gasteiger partial charge in [-0.1, -0.05) is 24.6 Å². The zero-order valence-electron chi connectivity index (χ0n) is 17.2. The number of ether oxygens (including phenoxy) is 2. The van der Waals surface area contributed by atoms with Crippen LogP contribution in [-0.2, 0) is 14.3 Å². The van der Waals surface area contributed by atoms with Crippen LogP contribution in [0.2, 0.25) is 5.02 Å². The summed E-state index contributed by atoms with van der Waals surface area (Å²) in [6, 6.07) is 6.34. The third-order valence-corrected chi connectivity index (χ3v) is 5.54. The second-order valence-electron chi connectivity index (χ2n) is 7.78. The van der Waals surface area contributed by atoms with Gasteiger partial charge in [-0.15, -0.1) is 0 Å². The fourth-order valence-electron chi connectivity index (χ4n) is 3.88. The van der Waals surface area contributed by atoms with E-state index in [2.05, 4.69) is 10.6 Å². The van der Waals surface area contributed by atoms with Gasteiger partial charge in [0.15, 0.2) is 0 Å². The van der Waals surface area contributed by atoms with E-state index in [1.807, 2.05) is 6.92 Å². The van der Waals surface area contributed by atoms with E-state index in [-0.39, 0.29) is 49.9 Å². The molecule has 166 valence electrons. The highest BCUT2D eigenvalue weighted by Gasteiger charge is 2.40. The van der Waals surface area contributed by atoms with Crippen LogP contribution >= 0.6 is 11.6 Å². The van der Waals surface area contributed by atoms with Crippen molar-refractivity contribution in [1.82, 2.24) is 10.2 Å². The van der Waals surface area contributed by atoms with Gasteiger partial charge in [0.05, 0.1) is 44.4 Å². The molecule has 0 bridgehead atoms. The van der Waals surface area contributed by atoms with E-state index in [0.29, 0.717) is 36.5 Å². The van der Waals surface area contributed by atoms with E-state index in [0.717, 1.165) is 6.42 Å². The number of aliphatic hydroxyl groups excluding tert-OH is 1. The lowest BCUT2D eigenvalue weighted by Gasteiger charge is -2.44. The number of rotatable bonds is 5. The van der Waals surface area contributed by atoms with Crippen molar-refractivity contribution in [2.24, 2.45) is 0 Å². The number of halogens is 1. The molecule has 9 heteroatoms. The number of β-amino-alcohol motifs (C(OH)–C–C–N with tert-alkyl or cyclic N) is 1. The lowest BCUT2D eigenvalue weighted by Crippen LogP contribution is -2.58. The molecule has 30 heavy (non-hydrogen) atoms. The minimum Gasteiger partial charge on any atom is -0.389 e. The van der Waals surface area contributed by atoms with Crippen LogP contribution in [0.3, 0.4) is 0 Å². The number of hydrogen-bond donors (Lipinski definition) is 3. The molecule has 2 fully saturated rings. The maximum Gasteiger partial charge on any atom is 0.322 e. The number of urea groups is 1. The van der Waals surface area contributed by atoms with Gasteiger partial charge in [0, 0.05) is 17.3 Å². The number of amides is 3. The smallest absolute Gasteiger partial charge is 0.322 e. The van der Waals surface area contributed by atoms with Gasteiger partial charge < -0.3 is 30.1 Å². The number of hydrogen-bond acceptors (Lipinski definition) is 5. The fourth-order valence-corrected chi connectivity index (χ4v) is 4.07. The molecule has 1 aromatic rings. The maximum absolute atomic E-state index is 13.0. The largest absolute Gasteiger partial charge is 0.389 e. The second kappa shape index (κ2) is 10.9. The van der Waals surface area contributed by atoms with Crippen molar-refractivity contribution in [3.63, 3.8) is 0 Å². The summed E-state index contributed by atoms with van der Waals surface area (Å²) in [6.07, 6.45) is 1.13. The highest BCUT2D eigenvalue weighted by atomic mass is 35.5. The molecule has 2 aliphatic rings. The minimum atomic E-state index is -0.784. The Kier molecular flexibility index (Phi) is 8.32. The molecule has 1 aromatic carbocycles. The monoisotopic (exact) mass is 439 g/mol. The van der Waals surface area contributed by atoms with Crippen LogP contribution in [0.4, 0.5) is 10.5 Å². The van der Waals surface area contributed by atoms with E-state index >= 15 is 0 Å². The Hall–Kier alpha value is -1.87. The fraction of sp³-hybridized carbons (Fsp3) is 0.619. The standard InChI is InChI=1S/C21H30ClN3O5/c1-2-8-23-20(27)10-17-6-7-18-19(30-17)13-29-12-16(26)11-25(18)21(28)24-15-5-3-4-14(22)9-15/h3-5,9,16-19,26H,2,6-8,10-13H2,1H3,(H,23,27)(H,24,28)/t16-,17-,18-,19+/m0/s1. The molecule has 4 atom stereocenters. The maximum atomic E-state index is 13.0. The van der Waals surface area contributed by atoms with Gasteiger partial charge in [-0.05, 0) is 37.5 Å². The Morgan fingerprint density at radius 1 is 1.30 bits per heavy atom. The Balaban J connectivity index is 1.67. The highest BCUT2D eigenvalue weighted by molar-refractivity contribution is 6.30. The molecule has 2 saturated heterocycles. The van der Waals surface area contributed by atoms with E-state index in [1.165, 1.54) is 0 Å². The van der Waals surface area contributed by atoms with Crippen LogP contribution in [0, 0.1) is 0 Å². The Bertz CT molecular complexity index is 734. The van der Waals surface area contributed by atoms with Crippen LogP contribution in [0.5, 0.6) is 0 Å². The molecular formula is C21H30ClN3O5. The van der Waals surface area contributed by atoms with Crippen LogP contribution in [0.1, 0.15) is 32.6 Å². The molecule has 0 unspecified atom stereocenters. The first-order valence-corrected chi connectivity index (χ1v) is 10.8. The van der Waals surface area contributed by atoms with Gasteiger partial charge in [-0.2, -0.15) is 0 Å². The average molecular weight is 440 g/mol. The predicted molar refractivity (Wildman–Crippen MR) is 114 cm³/mol. The van der Waals surface area contributed by atoms with Crippen molar-refractivity contribution < 1.29 is 24.2 Å². The van der Waals surface area contributed by atoms with Crippen LogP contribution in [0.25, 0.3) is 0 Å². The van der Waals surface area contributed by atoms with Crippen molar-refractivity contribution in [3.8, 4) is 0 Å². The normalized spacial score (nSPS) is 26.8. The molecule has 2 aliphatic heterocycles. The Morgan fingerprint density at radius 2 is 2.13 bits per heavy atom. The van der Waals surface area contributed by atoms with E-state index in [1.54, 1.807) is 29.2 Å². The van der Waals surface area contributed by atoms with Crippen LogP contribution in [-0.4, -0.2) is 72.6 Å². The Morgan fingerprint density at radius 3 is 2.90 bits per heavy atom. The first-order valence-electron chi connectivity index (χ1n) is 10.5. The molecule has 0 saturated carbocycles. The van der Waals surface area contributed by atoms with Crippen molar-refractivity contribution in [3.05, 3.63) is 29.3 Å². The number of nitrogens with zero attached hydrogens (tertiary/aromatic N) is 1. The van der Waals surface area contributed by atoms with Gasteiger partial charge in [-0.3, -0.25) is 4.79 Å². The molecule has 0 aromatic heterocycles. The average Bonchev–Trinajstić information content (AvgIpc) is 2.69. The molecule has 3 amide bonds. The quantitative estimate of drug-likeness (QED) is 0.654. The summed E-state index contributed by atoms with van der Waals surface area (Å²) >= 11 is 6.01. The van der Waals surface area contributed by atoms with Crippen molar-refractivity contribution in [1.29, 1.82) is 0 Å². The number of aliphatic hydroxyl groups is 1. The topological polar surface area (TPSA) is 100 Å². The van der Waals surface area contributed by atoms with E-state index in [4.69, 9.17) is 21.1 Å². The van der Waals surface area contributed by atoms with Gasteiger partial charge in [0.25, 0.3) is 0 Å². The molecule has 0 spiro atoms. The molecule has 2 heterocycles. The number of anilines is 1. The molecular weight excluding hydrogens is 410 g/mol. The number of fused-ring (bicyclic) bond motifs is 1. The number of benzene rings is 1. The molecule has 3 rings (SSSR count). The number of nitrogens with one attached hydrogen (secondary N) is 2. The van der Waals surface area contributed by atoms with Crippen molar-refractivity contribution in [2.45, 2.75) is 57.0 Å². The molecule has 0 radical (unpaired) electrons. The van der Waals surface area contributed by atoms with E-state index < -0.39 is 6.10 Å². The van der Waals surface area contributed by atoms with Crippen LogP contribution in [0.15, 0.2) is 24.3 Å². The summed E-state index contributed by atoms with van der Waals surface area (Å²) in [6.45, 7) is 3.17. The number of carbonyl (C=O) groups excluding carboxylic acids is 2. The zero-order chi connectivity index (χ0) is 21.5. The van der Waals surface area contributed by atoms with E-state index in [9.17, 15) is 14.7 Å². The highest BCUT2D eigenvalue weighted by Crippen LogP contribution is 2.28. The molecule has 3 N–H and O–H groups in total. The van der Waals surface area contributed by atoms with Gasteiger partial charge >= 0.3 is 6.03 Å². The van der Waals surface area contributed by atoms with Crippen LogP contribution < -0.4 is 10.6 Å². The summed E-state index contributed by atoms with van der Waals surface area (Å²) < 4.78 is 11.7. The van der Waals surface area contributed by atoms with Crippen molar-refractivity contribution in [2.75, 3.05) is 31.6 Å². The summed E-state index contributed by atoms with van der Waals surface area (Å²) in [5.74, 6) is -0.0296. The van der Waals surface area contributed by atoms with Gasteiger partial charge in [0.1, 0.15) is 6.10 Å². The third-order valence-electron chi connectivity index (χ3n) is 5.30. The van der Waals surface area contributed by atoms with Gasteiger partial charge in [0.2, 0.25) is 5.91 Å². The second-order valence-corrected chi connectivity index (χ2v) is 8.22. The number of carbonyl (C=O) groups is 2. The summed E-state index contributed by atoms with van der Waals surface area (Å²) in [4.78, 5) is 26.7. The van der Waals surface area contributed by atoms with Crippen molar-refractivity contribution >= 4 is 29.2 Å². The first kappa shape index (κ1) is 22.8. The molecule has 8 nitrogen and oxygen atoms in total. The lowest BCUT2D eigenvalue weighted by atomic mass is 9.95. The minimum absolute atomic E-state index is 0.0296. The predicted octanol–water partition coefficient (Wildman–Crippen LogP) is 2.40. The first-order chi connectivity index (χ1) is 14.5. The molecule has 0 aliphatic carbocycles. The Labute approximate surface area is 181 Å². The lowest BCUT2D eigenvalue weighted by molar-refractivity contribution is -0.149. The summed E-state index contributed by atoms with van der Waals surface area (Å²) in [7, 11) is 0.